The van der Waals surface area contributed by atoms with E-state index in [9.17, 15) is 19.2 Å². The lowest BCUT2D eigenvalue weighted by molar-refractivity contribution is 0.0681. The summed E-state index contributed by atoms with van der Waals surface area (Å²) in [5.41, 5.74) is -0.863. The minimum atomic E-state index is -1.46. The van der Waals surface area contributed by atoms with Gasteiger partial charge in [0, 0.05) is 5.69 Å². The summed E-state index contributed by atoms with van der Waals surface area (Å²) in [6.07, 6.45) is 0. The van der Waals surface area contributed by atoms with Crippen molar-refractivity contribution in [3.05, 3.63) is 64.7 Å². The van der Waals surface area contributed by atoms with Crippen LogP contribution in [-0.4, -0.2) is 39.1 Å². The average Bonchev–Trinajstić information content (AvgIpc) is 2.54. The molecule has 0 aromatic heterocycles. The molecule has 0 aliphatic heterocycles. The molecule has 0 atom stereocenters. The second-order valence-corrected chi connectivity index (χ2v) is 4.71. The minimum Gasteiger partial charge on any atom is -0.478 e. The zero-order valence-electron chi connectivity index (χ0n) is 12.0. The molecule has 8 heteroatoms. The zero-order valence-corrected chi connectivity index (χ0v) is 12.0. The topological polar surface area (TPSA) is 141 Å². The van der Waals surface area contributed by atoms with Gasteiger partial charge in [0.05, 0.1) is 22.3 Å². The van der Waals surface area contributed by atoms with Crippen molar-refractivity contribution in [2.24, 2.45) is 0 Å². The highest BCUT2D eigenvalue weighted by Gasteiger charge is 2.19. The van der Waals surface area contributed by atoms with Crippen LogP contribution in [0.25, 0.3) is 0 Å². The lowest BCUT2D eigenvalue weighted by Gasteiger charge is -2.09. The van der Waals surface area contributed by atoms with E-state index in [1.54, 1.807) is 0 Å². The number of carbonyl (C=O) groups excluding carboxylic acids is 1. The first-order chi connectivity index (χ1) is 11.3. The van der Waals surface area contributed by atoms with Gasteiger partial charge in [-0.3, -0.25) is 4.79 Å². The van der Waals surface area contributed by atoms with Crippen LogP contribution in [0.5, 0.6) is 0 Å². The molecule has 24 heavy (non-hydrogen) atoms. The summed E-state index contributed by atoms with van der Waals surface area (Å²) in [5.74, 6) is -4.75. The van der Waals surface area contributed by atoms with E-state index in [1.807, 2.05) is 0 Å². The quantitative estimate of drug-likeness (QED) is 0.657. The predicted octanol–water partition coefficient (Wildman–Crippen LogP) is 2.03. The van der Waals surface area contributed by atoms with Gasteiger partial charge in [-0.1, -0.05) is 6.07 Å². The molecule has 0 heterocycles. The third kappa shape index (κ3) is 3.55. The fraction of sp³-hybridized carbons (Fsp3) is 0. The fourth-order valence-electron chi connectivity index (χ4n) is 1.98. The SMILES string of the molecule is O=C(O)c1cccc(NC(=O)c2ccc(C(=O)O)cc2C(=O)O)c1. The van der Waals surface area contributed by atoms with Crippen LogP contribution in [0, 0.1) is 0 Å². The number of amides is 1. The summed E-state index contributed by atoms with van der Waals surface area (Å²) < 4.78 is 0. The number of carboxylic acids is 3. The van der Waals surface area contributed by atoms with Crippen LogP contribution in [0.1, 0.15) is 41.4 Å². The molecular weight excluding hydrogens is 318 g/mol. The molecule has 2 aromatic rings. The summed E-state index contributed by atoms with van der Waals surface area (Å²) >= 11 is 0. The Hall–Kier alpha value is -3.68. The summed E-state index contributed by atoms with van der Waals surface area (Å²) in [6.45, 7) is 0. The molecule has 0 saturated heterocycles. The number of carboxylic acid groups (broad SMARTS) is 3. The average molecular weight is 329 g/mol. The largest absolute Gasteiger partial charge is 0.478 e. The molecule has 8 nitrogen and oxygen atoms in total. The van der Waals surface area contributed by atoms with Gasteiger partial charge in [-0.25, -0.2) is 14.4 Å². The van der Waals surface area contributed by atoms with Crippen LogP contribution in [0.15, 0.2) is 42.5 Å². The smallest absolute Gasteiger partial charge is 0.336 e. The molecule has 0 unspecified atom stereocenters. The molecular formula is C16H11NO7. The van der Waals surface area contributed by atoms with E-state index in [2.05, 4.69) is 5.32 Å². The van der Waals surface area contributed by atoms with Crippen molar-refractivity contribution in [3.8, 4) is 0 Å². The maximum Gasteiger partial charge on any atom is 0.336 e. The number of hydrogen-bond donors (Lipinski definition) is 4. The van der Waals surface area contributed by atoms with Gasteiger partial charge < -0.3 is 20.6 Å². The molecule has 0 saturated carbocycles. The highest BCUT2D eigenvalue weighted by atomic mass is 16.4. The lowest BCUT2D eigenvalue weighted by Crippen LogP contribution is -2.17. The van der Waals surface area contributed by atoms with Gasteiger partial charge in [0.1, 0.15) is 0 Å². The number of nitrogens with one attached hydrogen (secondary N) is 1. The van der Waals surface area contributed by atoms with Crippen molar-refractivity contribution < 1.29 is 34.5 Å². The Morgan fingerprint density at radius 3 is 1.92 bits per heavy atom. The summed E-state index contributed by atoms with van der Waals surface area (Å²) in [5, 5.41) is 29.3. The predicted molar refractivity (Wildman–Crippen MR) is 81.7 cm³/mol. The van der Waals surface area contributed by atoms with E-state index in [1.165, 1.54) is 24.3 Å². The van der Waals surface area contributed by atoms with Crippen molar-refractivity contribution in [2.75, 3.05) is 5.32 Å². The molecule has 0 aliphatic rings. The second kappa shape index (κ2) is 6.61. The third-order valence-corrected chi connectivity index (χ3v) is 3.11. The van der Waals surface area contributed by atoms with Crippen LogP contribution in [0.2, 0.25) is 0 Å². The standard InChI is InChI=1S/C16H11NO7/c18-13(17-10-3-1-2-8(6-10)14(19)20)11-5-4-9(15(21)22)7-12(11)16(23)24/h1-7H,(H,17,18)(H,19,20)(H,21,22)(H,23,24). The number of aromatic carboxylic acids is 3. The van der Waals surface area contributed by atoms with Crippen molar-refractivity contribution in [1.29, 1.82) is 0 Å². The van der Waals surface area contributed by atoms with Gasteiger partial charge in [-0.2, -0.15) is 0 Å². The number of carbonyl (C=O) groups is 4. The van der Waals surface area contributed by atoms with Crippen molar-refractivity contribution in [2.45, 2.75) is 0 Å². The van der Waals surface area contributed by atoms with Gasteiger partial charge in [0.15, 0.2) is 0 Å². The van der Waals surface area contributed by atoms with Crippen LogP contribution in [0.4, 0.5) is 5.69 Å². The Balaban J connectivity index is 2.36. The van der Waals surface area contributed by atoms with Gasteiger partial charge >= 0.3 is 17.9 Å². The van der Waals surface area contributed by atoms with E-state index >= 15 is 0 Å². The number of anilines is 1. The van der Waals surface area contributed by atoms with Crippen molar-refractivity contribution in [1.82, 2.24) is 0 Å². The molecule has 0 fully saturated rings. The van der Waals surface area contributed by atoms with Gasteiger partial charge in [0.25, 0.3) is 5.91 Å². The van der Waals surface area contributed by atoms with E-state index in [-0.39, 0.29) is 22.4 Å². The van der Waals surface area contributed by atoms with Crippen molar-refractivity contribution in [3.63, 3.8) is 0 Å². The molecule has 2 aromatic carbocycles. The number of rotatable bonds is 5. The highest BCUT2D eigenvalue weighted by Crippen LogP contribution is 2.17. The fourth-order valence-corrected chi connectivity index (χ4v) is 1.98. The normalized spacial score (nSPS) is 10.0. The van der Waals surface area contributed by atoms with Gasteiger partial charge in [-0.15, -0.1) is 0 Å². The Morgan fingerprint density at radius 2 is 1.33 bits per heavy atom. The summed E-state index contributed by atoms with van der Waals surface area (Å²) in [6, 6.07) is 8.49. The molecule has 0 bridgehead atoms. The molecule has 122 valence electrons. The van der Waals surface area contributed by atoms with E-state index in [0.717, 1.165) is 18.2 Å². The van der Waals surface area contributed by atoms with E-state index < -0.39 is 29.4 Å². The van der Waals surface area contributed by atoms with Crippen LogP contribution < -0.4 is 5.32 Å². The van der Waals surface area contributed by atoms with Gasteiger partial charge in [-0.05, 0) is 36.4 Å². The van der Waals surface area contributed by atoms with Crippen molar-refractivity contribution >= 4 is 29.5 Å². The number of hydrogen-bond acceptors (Lipinski definition) is 4. The molecule has 0 radical (unpaired) electrons. The Morgan fingerprint density at radius 1 is 0.708 bits per heavy atom. The molecule has 1 amide bonds. The first-order valence-electron chi connectivity index (χ1n) is 6.55. The second-order valence-electron chi connectivity index (χ2n) is 4.71. The minimum absolute atomic E-state index is 0.0486. The monoisotopic (exact) mass is 329 g/mol. The third-order valence-electron chi connectivity index (χ3n) is 3.11. The maximum absolute atomic E-state index is 12.2. The Labute approximate surface area is 135 Å². The Bertz CT molecular complexity index is 857. The molecule has 0 aliphatic carbocycles. The Kier molecular flexibility index (Phi) is 4.60. The first-order valence-corrected chi connectivity index (χ1v) is 6.55. The summed E-state index contributed by atoms with van der Waals surface area (Å²) in [7, 11) is 0. The first kappa shape index (κ1) is 16.7. The molecule has 0 spiro atoms. The zero-order chi connectivity index (χ0) is 17.9. The van der Waals surface area contributed by atoms with Crippen LogP contribution >= 0.6 is 0 Å². The highest BCUT2D eigenvalue weighted by molar-refractivity contribution is 6.11. The molecule has 2 rings (SSSR count). The van der Waals surface area contributed by atoms with E-state index in [0.29, 0.717) is 0 Å². The summed E-state index contributed by atoms with van der Waals surface area (Å²) in [4.78, 5) is 45.3. The maximum atomic E-state index is 12.2. The van der Waals surface area contributed by atoms with Gasteiger partial charge in [0.2, 0.25) is 0 Å². The van der Waals surface area contributed by atoms with Crippen LogP contribution in [0.3, 0.4) is 0 Å². The lowest BCUT2D eigenvalue weighted by atomic mass is 10.0. The molecule has 4 N–H and O–H groups in total. The van der Waals surface area contributed by atoms with Crippen LogP contribution in [-0.2, 0) is 0 Å². The van der Waals surface area contributed by atoms with E-state index in [4.69, 9.17) is 15.3 Å². The number of benzene rings is 2.